The highest BCUT2D eigenvalue weighted by atomic mass is 35.5. The molecule has 2 rings (SSSR count). The van der Waals surface area contributed by atoms with Crippen LogP contribution in [0.4, 0.5) is 0 Å². The third-order valence-electron chi connectivity index (χ3n) is 4.04. The molecule has 2 unspecified atom stereocenters. The molecule has 1 aromatic rings. The molecule has 1 fully saturated rings. The second kappa shape index (κ2) is 6.60. The maximum atomic E-state index is 6.37. The van der Waals surface area contributed by atoms with Crippen molar-refractivity contribution in [3.05, 3.63) is 21.3 Å². The quantitative estimate of drug-likeness (QED) is 0.731. The molecule has 0 saturated heterocycles. The van der Waals surface area contributed by atoms with E-state index in [0.717, 1.165) is 17.5 Å². The van der Waals surface area contributed by atoms with Crippen molar-refractivity contribution >= 4 is 22.9 Å². The summed E-state index contributed by atoms with van der Waals surface area (Å²) >= 11 is 8.21. The maximum Gasteiger partial charge on any atom is 0.0547 e. The first-order chi connectivity index (χ1) is 8.97. The molecule has 1 aliphatic rings. The van der Waals surface area contributed by atoms with Crippen molar-refractivity contribution in [2.75, 3.05) is 6.54 Å². The topological polar surface area (TPSA) is 12.0 Å². The van der Waals surface area contributed by atoms with Crippen LogP contribution in [0.2, 0.25) is 5.02 Å². The van der Waals surface area contributed by atoms with Crippen molar-refractivity contribution < 1.29 is 0 Å². The summed E-state index contributed by atoms with van der Waals surface area (Å²) in [7, 11) is 0. The Labute approximate surface area is 126 Å². The van der Waals surface area contributed by atoms with Crippen molar-refractivity contribution in [1.82, 2.24) is 5.32 Å². The fraction of sp³-hybridized carbons (Fsp3) is 0.750. The van der Waals surface area contributed by atoms with Crippen LogP contribution >= 0.6 is 22.9 Å². The van der Waals surface area contributed by atoms with Crippen molar-refractivity contribution in [1.29, 1.82) is 0 Å². The molecule has 0 aromatic carbocycles. The fourth-order valence-electron chi connectivity index (χ4n) is 2.98. The summed E-state index contributed by atoms with van der Waals surface area (Å²) in [5.41, 5.74) is 0.204. The SMILES string of the molecule is CC(C)(C)NCC1CCCCCC1c1sccc1Cl. The molecular weight excluding hydrogens is 274 g/mol. The number of hydrogen-bond donors (Lipinski definition) is 1. The van der Waals surface area contributed by atoms with Crippen LogP contribution in [0, 0.1) is 5.92 Å². The van der Waals surface area contributed by atoms with Crippen LogP contribution in [-0.2, 0) is 0 Å². The van der Waals surface area contributed by atoms with Crippen LogP contribution in [0.3, 0.4) is 0 Å². The van der Waals surface area contributed by atoms with Gasteiger partial charge in [0.1, 0.15) is 0 Å². The van der Waals surface area contributed by atoms with E-state index in [4.69, 9.17) is 11.6 Å². The van der Waals surface area contributed by atoms with Crippen LogP contribution in [0.5, 0.6) is 0 Å². The molecule has 2 atom stereocenters. The van der Waals surface area contributed by atoms with Gasteiger partial charge in [-0.25, -0.2) is 0 Å². The molecule has 0 aliphatic heterocycles. The van der Waals surface area contributed by atoms with Gasteiger partial charge < -0.3 is 5.32 Å². The molecule has 19 heavy (non-hydrogen) atoms. The van der Waals surface area contributed by atoms with Crippen LogP contribution in [0.1, 0.15) is 63.7 Å². The van der Waals surface area contributed by atoms with Gasteiger partial charge >= 0.3 is 0 Å². The van der Waals surface area contributed by atoms with Gasteiger partial charge in [-0.1, -0.05) is 30.9 Å². The van der Waals surface area contributed by atoms with Gasteiger partial charge in [-0.2, -0.15) is 0 Å². The predicted molar refractivity (Wildman–Crippen MR) is 86.4 cm³/mol. The van der Waals surface area contributed by atoms with E-state index in [2.05, 4.69) is 37.5 Å². The van der Waals surface area contributed by atoms with Crippen LogP contribution in [0.25, 0.3) is 0 Å². The van der Waals surface area contributed by atoms with E-state index in [1.165, 1.54) is 37.0 Å². The van der Waals surface area contributed by atoms with E-state index in [1.807, 2.05) is 11.3 Å². The highest BCUT2D eigenvalue weighted by Gasteiger charge is 2.28. The largest absolute Gasteiger partial charge is 0.312 e. The molecule has 0 spiro atoms. The van der Waals surface area contributed by atoms with E-state index in [0.29, 0.717) is 5.92 Å². The molecule has 1 heterocycles. The summed E-state index contributed by atoms with van der Waals surface area (Å²) in [6, 6.07) is 2.06. The fourth-order valence-corrected chi connectivity index (χ4v) is 4.41. The molecule has 1 aliphatic carbocycles. The average Bonchev–Trinajstić information content (AvgIpc) is 2.62. The highest BCUT2D eigenvalue weighted by Crippen LogP contribution is 2.41. The van der Waals surface area contributed by atoms with Gasteiger partial charge in [0.25, 0.3) is 0 Å². The number of hydrogen-bond acceptors (Lipinski definition) is 2. The average molecular weight is 300 g/mol. The molecule has 1 aromatic heterocycles. The molecular formula is C16H26ClNS. The highest BCUT2D eigenvalue weighted by molar-refractivity contribution is 7.10. The Morgan fingerprint density at radius 2 is 2.00 bits per heavy atom. The first-order valence-corrected chi connectivity index (χ1v) is 8.71. The Hall–Kier alpha value is -0.0500. The first-order valence-electron chi connectivity index (χ1n) is 7.45. The van der Waals surface area contributed by atoms with E-state index >= 15 is 0 Å². The lowest BCUT2D eigenvalue weighted by molar-refractivity contribution is 0.324. The summed E-state index contributed by atoms with van der Waals surface area (Å²) in [4.78, 5) is 1.42. The Bertz CT molecular complexity index is 394. The lowest BCUT2D eigenvalue weighted by atomic mass is 9.86. The number of thiophene rings is 1. The summed E-state index contributed by atoms with van der Waals surface area (Å²) in [6.45, 7) is 7.85. The van der Waals surface area contributed by atoms with Gasteiger partial charge in [0, 0.05) is 10.4 Å². The standard InChI is InChI=1S/C16H26ClNS/c1-16(2,3)18-11-12-7-5-4-6-8-13(12)15-14(17)9-10-19-15/h9-10,12-13,18H,4-8,11H2,1-3H3. The second-order valence-corrected chi connectivity index (χ2v) is 8.12. The summed E-state index contributed by atoms with van der Waals surface area (Å²) in [6.07, 6.45) is 6.74. The van der Waals surface area contributed by atoms with Gasteiger partial charge in [0.15, 0.2) is 0 Å². The minimum atomic E-state index is 0.204. The number of rotatable bonds is 3. The Kier molecular flexibility index (Phi) is 5.33. The zero-order valence-corrected chi connectivity index (χ0v) is 13.9. The van der Waals surface area contributed by atoms with Crippen molar-refractivity contribution in [2.45, 2.75) is 64.3 Å². The molecule has 1 nitrogen and oxygen atoms in total. The van der Waals surface area contributed by atoms with E-state index in [9.17, 15) is 0 Å². The van der Waals surface area contributed by atoms with Crippen LogP contribution in [0.15, 0.2) is 11.4 Å². The van der Waals surface area contributed by atoms with E-state index < -0.39 is 0 Å². The third kappa shape index (κ3) is 4.47. The molecule has 1 N–H and O–H groups in total. The summed E-state index contributed by atoms with van der Waals surface area (Å²) in [5.74, 6) is 1.39. The zero-order valence-electron chi connectivity index (χ0n) is 12.3. The first kappa shape index (κ1) is 15.3. The van der Waals surface area contributed by atoms with Crippen LogP contribution < -0.4 is 5.32 Å². The molecule has 0 bridgehead atoms. The Morgan fingerprint density at radius 1 is 1.26 bits per heavy atom. The Morgan fingerprint density at radius 3 is 2.63 bits per heavy atom. The van der Waals surface area contributed by atoms with Crippen molar-refractivity contribution in [2.24, 2.45) is 5.92 Å². The predicted octanol–water partition coefficient (Wildman–Crippen LogP) is 5.45. The van der Waals surface area contributed by atoms with E-state index in [-0.39, 0.29) is 5.54 Å². The normalized spacial score (nSPS) is 25.3. The van der Waals surface area contributed by atoms with Crippen molar-refractivity contribution in [3.63, 3.8) is 0 Å². The van der Waals surface area contributed by atoms with Gasteiger partial charge in [-0.3, -0.25) is 0 Å². The third-order valence-corrected chi connectivity index (χ3v) is 5.53. The molecule has 0 amide bonds. The summed E-state index contributed by atoms with van der Waals surface area (Å²) < 4.78 is 0. The molecule has 3 heteroatoms. The van der Waals surface area contributed by atoms with Gasteiger partial charge in [-0.15, -0.1) is 11.3 Å². The van der Waals surface area contributed by atoms with E-state index in [1.54, 1.807) is 0 Å². The Balaban J connectivity index is 2.10. The lowest BCUT2D eigenvalue weighted by Gasteiger charge is -2.29. The maximum absolute atomic E-state index is 6.37. The zero-order chi connectivity index (χ0) is 13.9. The summed E-state index contributed by atoms with van der Waals surface area (Å²) in [5, 5.41) is 6.81. The minimum absolute atomic E-state index is 0.204. The smallest absolute Gasteiger partial charge is 0.0547 e. The molecule has 1 saturated carbocycles. The monoisotopic (exact) mass is 299 g/mol. The number of nitrogens with one attached hydrogen (secondary N) is 1. The second-order valence-electron chi connectivity index (χ2n) is 6.77. The van der Waals surface area contributed by atoms with Gasteiger partial charge in [0.2, 0.25) is 0 Å². The van der Waals surface area contributed by atoms with Gasteiger partial charge in [0.05, 0.1) is 5.02 Å². The minimum Gasteiger partial charge on any atom is -0.312 e. The van der Waals surface area contributed by atoms with Crippen LogP contribution in [-0.4, -0.2) is 12.1 Å². The molecule has 108 valence electrons. The molecule has 0 radical (unpaired) electrons. The lowest BCUT2D eigenvalue weighted by Crippen LogP contribution is -2.40. The number of halogens is 1. The van der Waals surface area contributed by atoms with Crippen molar-refractivity contribution in [3.8, 4) is 0 Å². The van der Waals surface area contributed by atoms with Gasteiger partial charge in [-0.05, 0) is 63.4 Å².